The zero-order valence-electron chi connectivity index (χ0n) is 10.3. The third-order valence-electron chi connectivity index (χ3n) is 4.90. The Bertz CT molecular complexity index is 383. The zero-order chi connectivity index (χ0) is 12.9. The van der Waals surface area contributed by atoms with Crippen LogP contribution in [0.15, 0.2) is 0 Å². The summed E-state index contributed by atoms with van der Waals surface area (Å²) in [6, 6.07) is -0.827. The van der Waals surface area contributed by atoms with E-state index in [0.29, 0.717) is 11.8 Å². The smallest absolute Gasteiger partial charge is 0.326 e. The van der Waals surface area contributed by atoms with E-state index in [1.165, 1.54) is 11.3 Å². The third-order valence-corrected chi connectivity index (χ3v) is 4.90. The van der Waals surface area contributed by atoms with Crippen molar-refractivity contribution in [3.8, 4) is 0 Å². The van der Waals surface area contributed by atoms with Crippen LogP contribution in [0.3, 0.4) is 0 Å². The fourth-order valence-electron chi connectivity index (χ4n) is 4.05. The summed E-state index contributed by atoms with van der Waals surface area (Å²) in [5.74, 6) is 0.0968. The van der Waals surface area contributed by atoms with Gasteiger partial charge in [0.15, 0.2) is 0 Å². The molecule has 0 radical (unpaired) electrons. The van der Waals surface area contributed by atoms with Crippen LogP contribution in [0.5, 0.6) is 0 Å². The Hall–Kier alpha value is -1.10. The Balaban J connectivity index is 1.73. The number of aliphatic carboxylic acids is 1. The van der Waals surface area contributed by atoms with Crippen LogP contribution < -0.4 is 0 Å². The standard InChI is InChI=1S/C13H19NO4/c15-9-5-11(13(17)18)14(6-9)12(16)10-4-7-1-2-8(10)3-7/h7-11,15H,1-6H2,(H,17,18)/t7?,8?,9-,10?,11+/m1/s1. The van der Waals surface area contributed by atoms with Gasteiger partial charge in [-0.05, 0) is 31.1 Å². The molecule has 0 aromatic carbocycles. The maximum Gasteiger partial charge on any atom is 0.326 e. The average Bonchev–Trinajstić information content (AvgIpc) is 3.01. The highest BCUT2D eigenvalue weighted by atomic mass is 16.4. The maximum absolute atomic E-state index is 12.4. The highest BCUT2D eigenvalue weighted by Crippen LogP contribution is 2.49. The van der Waals surface area contributed by atoms with Crippen molar-refractivity contribution in [2.45, 2.75) is 44.2 Å². The Labute approximate surface area is 106 Å². The summed E-state index contributed by atoms with van der Waals surface area (Å²) in [6.45, 7) is 0.184. The van der Waals surface area contributed by atoms with Gasteiger partial charge in [-0.15, -0.1) is 0 Å². The number of aliphatic hydroxyl groups is 1. The van der Waals surface area contributed by atoms with Crippen molar-refractivity contribution in [2.75, 3.05) is 6.54 Å². The topological polar surface area (TPSA) is 77.8 Å². The number of carboxylic acids is 1. The van der Waals surface area contributed by atoms with Crippen molar-refractivity contribution in [1.29, 1.82) is 0 Å². The number of amides is 1. The van der Waals surface area contributed by atoms with Crippen LogP contribution in [0.2, 0.25) is 0 Å². The predicted molar refractivity (Wildman–Crippen MR) is 62.7 cm³/mol. The summed E-state index contributed by atoms with van der Waals surface area (Å²) in [4.78, 5) is 25.0. The number of fused-ring (bicyclic) bond motifs is 2. The summed E-state index contributed by atoms with van der Waals surface area (Å²) in [5, 5.41) is 18.7. The second-order valence-corrected chi connectivity index (χ2v) is 6.02. The Morgan fingerprint density at radius 1 is 1.11 bits per heavy atom. The van der Waals surface area contributed by atoms with E-state index in [1.807, 2.05) is 0 Å². The molecule has 3 fully saturated rings. The van der Waals surface area contributed by atoms with E-state index in [2.05, 4.69) is 0 Å². The van der Waals surface area contributed by atoms with Gasteiger partial charge < -0.3 is 15.1 Å². The molecule has 18 heavy (non-hydrogen) atoms. The van der Waals surface area contributed by atoms with Crippen molar-refractivity contribution in [2.24, 2.45) is 17.8 Å². The van der Waals surface area contributed by atoms with Crippen LogP contribution in [0.4, 0.5) is 0 Å². The number of carboxylic acid groups (broad SMARTS) is 1. The number of β-amino-alcohol motifs (C(OH)–C–C–N with tert-alkyl or cyclic N) is 1. The van der Waals surface area contributed by atoms with E-state index in [1.54, 1.807) is 0 Å². The van der Waals surface area contributed by atoms with E-state index in [-0.39, 0.29) is 24.8 Å². The molecule has 2 saturated carbocycles. The first-order valence-electron chi connectivity index (χ1n) is 6.77. The molecule has 3 rings (SSSR count). The van der Waals surface area contributed by atoms with Gasteiger partial charge in [-0.1, -0.05) is 6.42 Å². The lowest BCUT2D eigenvalue weighted by atomic mass is 9.87. The van der Waals surface area contributed by atoms with Crippen molar-refractivity contribution in [1.82, 2.24) is 4.90 Å². The number of rotatable bonds is 2. The summed E-state index contributed by atoms with van der Waals surface area (Å²) in [6.07, 6.45) is 3.86. The summed E-state index contributed by atoms with van der Waals surface area (Å²) in [5.41, 5.74) is 0. The first kappa shape index (κ1) is 12.0. The number of carbonyl (C=O) groups is 2. The van der Waals surface area contributed by atoms with Crippen LogP contribution in [0.1, 0.15) is 32.1 Å². The van der Waals surface area contributed by atoms with Crippen LogP contribution in [-0.2, 0) is 9.59 Å². The Morgan fingerprint density at radius 3 is 2.44 bits per heavy atom. The molecule has 5 atom stereocenters. The summed E-state index contributed by atoms with van der Waals surface area (Å²) < 4.78 is 0. The monoisotopic (exact) mass is 253 g/mol. The quantitative estimate of drug-likeness (QED) is 0.750. The van der Waals surface area contributed by atoms with Gasteiger partial charge >= 0.3 is 5.97 Å². The molecule has 1 heterocycles. The SMILES string of the molecule is O=C(O)[C@@H]1C[C@@H](O)CN1C(=O)C1CC2CCC1C2. The minimum Gasteiger partial charge on any atom is -0.480 e. The average molecular weight is 253 g/mol. The minimum absolute atomic E-state index is 0.0101. The Morgan fingerprint density at radius 2 is 1.89 bits per heavy atom. The van der Waals surface area contributed by atoms with Gasteiger partial charge in [0.25, 0.3) is 0 Å². The van der Waals surface area contributed by atoms with Crippen LogP contribution in [0, 0.1) is 17.8 Å². The maximum atomic E-state index is 12.4. The van der Waals surface area contributed by atoms with E-state index in [4.69, 9.17) is 5.11 Å². The van der Waals surface area contributed by atoms with Gasteiger partial charge in [0, 0.05) is 18.9 Å². The van der Waals surface area contributed by atoms with Crippen molar-refractivity contribution < 1.29 is 19.8 Å². The molecule has 100 valence electrons. The molecule has 3 aliphatic rings. The molecule has 3 unspecified atom stereocenters. The van der Waals surface area contributed by atoms with E-state index >= 15 is 0 Å². The van der Waals surface area contributed by atoms with Gasteiger partial charge in [-0.25, -0.2) is 4.79 Å². The second-order valence-electron chi connectivity index (χ2n) is 6.02. The number of likely N-dealkylation sites (tertiary alicyclic amines) is 1. The second kappa shape index (κ2) is 4.23. The minimum atomic E-state index is -0.997. The number of hydrogen-bond acceptors (Lipinski definition) is 3. The normalized spacial score (nSPS) is 42.5. The van der Waals surface area contributed by atoms with Crippen molar-refractivity contribution in [3.63, 3.8) is 0 Å². The highest BCUT2D eigenvalue weighted by Gasteiger charge is 2.48. The fourth-order valence-corrected chi connectivity index (χ4v) is 4.05. The predicted octanol–water partition coefficient (Wildman–Crippen LogP) is 0.469. The first-order chi connectivity index (χ1) is 8.56. The lowest BCUT2D eigenvalue weighted by Gasteiger charge is -2.28. The summed E-state index contributed by atoms with van der Waals surface area (Å²) >= 11 is 0. The van der Waals surface area contributed by atoms with Crippen LogP contribution in [0.25, 0.3) is 0 Å². The Kier molecular flexibility index (Phi) is 2.81. The third kappa shape index (κ3) is 1.81. The zero-order valence-corrected chi connectivity index (χ0v) is 10.3. The van der Waals surface area contributed by atoms with Gasteiger partial charge in [0.1, 0.15) is 6.04 Å². The van der Waals surface area contributed by atoms with Crippen LogP contribution in [-0.4, -0.2) is 45.7 Å². The van der Waals surface area contributed by atoms with Gasteiger partial charge in [0.2, 0.25) is 5.91 Å². The molecule has 1 saturated heterocycles. The van der Waals surface area contributed by atoms with Crippen molar-refractivity contribution in [3.05, 3.63) is 0 Å². The van der Waals surface area contributed by atoms with Crippen molar-refractivity contribution >= 4 is 11.9 Å². The largest absolute Gasteiger partial charge is 0.480 e. The fraction of sp³-hybridized carbons (Fsp3) is 0.846. The molecule has 2 aliphatic carbocycles. The van der Waals surface area contributed by atoms with E-state index < -0.39 is 18.1 Å². The molecule has 1 aliphatic heterocycles. The van der Waals surface area contributed by atoms with Gasteiger partial charge in [-0.2, -0.15) is 0 Å². The number of hydrogen-bond donors (Lipinski definition) is 2. The molecule has 2 bridgehead atoms. The number of carbonyl (C=O) groups excluding carboxylic acids is 1. The summed E-state index contributed by atoms with van der Waals surface area (Å²) in [7, 11) is 0. The van der Waals surface area contributed by atoms with E-state index in [0.717, 1.165) is 19.3 Å². The molecule has 0 aromatic rings. The van der Waals surface area contributed by atoms with Gasteiger partial charge in [0.05, 0.1) is 6.10 Å². The lowest BCUT2D eigenvalue weighted by Crippen LogP contribution is -2.44. The number of nitrogens with zero attached hydrogens (tertiary/aromatic N) is 1. The molecule has 1 amide bonds. The molecule has 5 nitrogen and oxygen atoms in total. The lowest BCUT2D eigenvalue weighted by molar-refractivity contribution is -0.150. The number of aliphatic hydroxyl groups excluding tert-OH is 1. The highest BCUT2D eigenvalue weighted by molar-refractivity contribution is 5.86. The molecule has 0 spiro atoms. The molecule has 0 aromatic heterocycles. The molecular formula is C13H19NO4. The molecule has 5 heteroatoms. The first-order valence-corrected chi connectivity index (χ1v) is 6.77. The van der Waals surface area contributed by atoms with Gasteiger partial charge in [-0.3, -0.25) is 4.79 Å². The van der Waals surface area contributed by atoms with Crippen LogP contribution >= 0.6 is 0 Å². The van der Waals surface area contributed by atoms with E-state index in [9.17, 15) is 14.7 Å². The molecular weight excluding hydrogens is 234 g/mol. The molecule has 2 N–H and O–H groups in total.